The van der Waals surface area contributed by atoms with Gasteiger partial charge in [-0.3, -0.25) is 24.9 Å². The number of non-ortho nitro benzene ring substituents is 1. The van der Waals surface area contributed by atoms with Crippen LogP contribution in [0.25, 0.3) is 21.7 Å². The van der Waals surface area contributed by atoms with Gasteiger partial charge in [0.2, 0.25) is 0 Å². The lowest BCUT2D eigenvalue weighted by Gasteiger charge is -2.02. The normalized spacial score (nSPS) is 11.2. The Morgan fingerprint density at radius 2 is 2.11 bits per heavy atom. The van der Waals surface area contributed by atoms with E-state index in [0.717, 1.165) is 4.70 Å². The molecule has 0 saturated heterocycles. The van der Waals surface area contributed by atoms with Crippen LogP contribution in [0.2, 0.25) is 0 Å². The number of carbonyl (C=O) groups is 1. The van der Waals surface area contributed by atoms with Gasteiger partial charge in [0.1, 0.15) is 5.69 Å². The highest BCUT2D eigenvalue weighted by Gasteiger charge is 2.17. The number of hydrogen-bond acceptors (Lipinski definition) is 8. The number of rotatable bonds is 5. The number of benzene rings is 1. The smallest absolute Gasteiger partial charge is 0.322 e. The summed E-state index contributed by atoms with van der Waals surface area (Å²) in [6, 6.07) is 7.92. The lowest BCUT2D eigenvalue weighted by molar-refractivity contribution is -0.384. The van der Waals surface area contributed by atoms with Gasteiger partial charge in [0.05, 0.1) is 9.80 Å². The third kappa shape index (κ3) is 3.34. The molecule has 0 aliphatic heterocycles. The first-order valence-electron chi connectivity index (χ1n) is 8.29. The van der Waals surface area contributed by atoms with E-state index in [-0.39, 0.29) is 23.6 Å². The minimum atomic E-state index is -0.475. The van der Waals surface area contributed by atoms with Crippen LogP contribution in [0.5, 0.6) is 0 Å². The van der Waals surface area contributed by atoms with Crippen molar-refractivity contribution in [3.8, 4) is 11.6 Å². The predicted octanol–water partition coefficient (Wildman–Crippen LogP) is 3.89. The largest absolute Gasteiger partial charge is 0.401 e. The lowest BCUT2D eigenvalue weighted by Crippen LogP contribution is -2.10. The van der Waals surface area contributed by atoms with Crippen LogP contribution in [0.4, 0.5) is 11.7 Å². The van der Waals surface area contributed by atoms with Crippen molar-refractivity contribution >= 4 is 39.0 Å². The van der Waals surface area contributed by atoms with E-state index in [1.54, 1.807) is 29.1 Å². The van der Waals surface area contributed by atoms with Crippen molar-refractivity contribution < 1.29 is 14.1 Å². The zero-order chi connectivity index (χ0) is 19.8. The summed E-state index contributed by atoms with van der Waals surface area (Å²) in [6.45, 7) is 3.99. The molecule has 0 bridgehead atoms. The van der Waals surface area contributed by atoms with E-state index >= 15 is 0 Å². The fourth-order valence-corrected chi connectivity index (χ4v) is 3.47. The second kappa shape index (κ2) is 6.85. The van der Waals surface area contributed by atoms with E-state index in [1.807, 2.05) is 13.8 Å². The van der Waals surface area contributed by atoms with Crippen LogP contribution in [0, 0.1) is 10.1 Å². The Bertz CT molecular complexity index is 1190. The number of thiophene rings is 1. The number of amides is 1. The summed E-state index contributed by atoms with van der Waals surface area (Å²) in [5, 5.41) is 26.1. The first-order valence-corrected chi connectivity index (χ1v) is 9.11. The van der Waals surface area contributed by atoms with Crippen molar-refractivity contribution in [2.45, 2.75) is 19.9 Å². The molecular weight excluding hydrogens is 384 g/mol. The summed E-state index contributed by atoms with van der Waals surface area (Å²) >= 11 is 1.21. The summed E-state index contributed by atoms with van der Waals surface area (Å²) in [5.41, 5.74) is 0.482. The summed E-state index contributed by atoms with van der Waals surface area (Å²) in [5.74, 6) is -0.242. The van der Waals surface area contributed by atoms with E-state index < -0.39 is 10.8 Å². The molecule has 0 atom stereocenters. The molecule has 142 valence electrons. The van der Waals surface area contributed by atoms with Crippen LogP contribution >= 0.6 is 11.3 Å². The third-order valence-electron chi connectivity index (χ3n) is 3.94. The van der Waals surface area contributed by atoms with Gasteiger partial charge >= 0.3 is 6.01 Å². The van der Waals surface area contributed by atoms with Crippen molar-refractivity contribution in [2.24, 2.45) is 0 Å². The molecule has 0 spiro atoms. The first-order chi connectivity index (χ1) is 13.4. The average Bonchev–Trinajstić information content (AvgIpc) is 3.39. The Hall–Kier alpha value is -3.60. The Labute approximate surface area is 162 Å². The zero-order valence-corrected chi connectivity index (χ0v) is 15.6. The molecule has 4 aromatic rings. The van der Waals surface area contributed by atoms with Gasteiger partial charge in [-0.25, -0.2) is 0 Å². The van der Waals surface area contributed by atoms with E-state index in [4.69, 9.17) is 4.42 Å². The summed E-state index contributed by atoms with van der Waals surface area (Å²) < 4.78 is 7.99. The number of carbonyl (C=O) groups excluding carboxylic acids is 1. The van der Waals surface area contributed by atoms with Crippen LogP contribution in [0.3, 0.4) is 0 Å². The minimum Gasteiger partial charge on any atom is -0.401 e. The molecule has 28 heavy (non-hydrogen) atoms. The summed E-state index contributed by atoms with van der Waals surface area (Å²) in [6.07, 6.45) is 1.80. The van der Waals surface area contributed by atoms with E-state index in [0.29, 0.717) is 16.0 Å². The second-order valence-corrected chi connectivity index (χ2v) is 7.31. The highest BCUT2D eigenvalue weighted by Crippen LogP contribution is 2.29. The molecule has 0 saturated carbocycles. The van der Waals surface area contributed by atoms with Gasteiger partial charge < -0.3 is 4.42 Å². The Morgan fingerprint density at radius 1 is 1.29 bits per heavy atom. The van der Waals surface area contributed by atoms with Crippen LogP contribution < -0.4 is 5.32 Å². The van der Waals surface area contributed by atoms with Crippen LogP contribution in [0.1, 0.15) is 29.6 Å². The highest BCUT2D eigenvalue weighted by atomic mass is 32.1. The number of aromatic nitrogens is 4. The first kappa shape index (κ1) is 17.8. The molecule has 10 nitrogen and oxygen atoms in total. The quantitative estimate of drug-likeness (QED) is 0.399. The standard InChI is InChI=1S/C17H14N6O4S/c1-9(2)22-6-5-12(21-22)16-19-20-17(27-16)18-15(24)14-8-10-7-11(23(25)26)3-4-13(10)28-14/h3-9H,1-2H3,(H,18,20,24). The number of anilines is 1. The maximum Gasteiger partial charge on any atom is 0.322 e. The maximum absolute atomic E-state index is 12.5. The van der Waals surface area contributed by atoms with Crippen molar-refractivity contribution in [1.29, 1.82) is 0 Å². The summed E-state index contributed by atoms with van der Waals surface area (Å²) in [7, 11) is 0. The third-order valence-corrected chi connectivity index (χ3v) is 5.05. The lowest BCUT2D eigenvalue weighted by atomic mass is 10.2. The maximum atomic E-state index is 12.5. The molecule has 11 heteroatoms. The molecule has 0 aliphatic carbocycles. The fraction of sp³-hybridized carbons (Fsp3) is 0.176. The van der Waals surface area contributed by atoms with Crippen molar-refractivity contribution in [3.05, 3.63) is 51.5 Å². The number of nitro benzene ring substituents is 1. The molecule has 4 rings (SSSR count). The van der Waals surface area contributed by atoms with Gasteiger partial charge in [-0.1, -0.05) is 5.10 Å². The predicted molar refractivity (Wildman–Crippen MR) is 102 cm³/mol. The SMILES string of the molecule is CC(C)n1ccc(-c2nnc(NC(=O)c3cc4cc([N+](=O)[O-])ccc4s3)o2)n1. The topological polar surface area (TPSA) is 129 Å². The van der Waals surface area contributed by atoms with Gasteiger partial charge in [-0.2, -0.15) is 5.10 Å². The van der Waals surface area contributed by atoms with Gasteiger partial charge in [-0.05, 0) is 32.0 Å². The second-order valence-electron chi connectivity index (χ2n) is 6.23. The number of nitrogens with zero attached hydrogens (tertiary/aromatic N) is 5. The molecule has 3 aromatic heterocycles. The number of fused-ring (bicyclic) bond motifs is 1. The van der Waals surface area contributed by atoms with Gasteiger partial charge in [-0.15, -0.1) is 16.4 Å². The van der Waals surface area contributed by atoms with Crippen molar-refractivity contribution in [1.82, 2.24) is 20.0 Å². The molecule has 0 aliphatic rings. The number of nitro groups is 1. The molecule has 0 radical (unpaired) electrons. The molecule has 1 N–H and O–H groups in total. The minimum absolute atomic E-state index is 0.0281. The fourth-order valence-electron chi connectivity index (χ4n) is 2.53. The summed E-state index contributed by atoms with van der Waals surface area (Å²) in [4.78, 5) is 23.2. The van der Waals surface area contributed by atoms with Crippen LogP contribution in [-0.4, -0.2) is 30.8 Å². The zero-order valence-electron chi connectivity index (χ0n) is 14.8. The average molecular weight is 398 g/mol. The van der Waals surface area contributed by atoms with Gasteiger partial charge in [0.25, 0.3) is 17.5 Å². The van der Waals surface area contributed by atoms with Crippen molar-refractivity contribution in [3.63, 3.8) is 0 Å². The molecule has 3 heterocycles. The van der Waals surface area contributed by atoms with Crippen LogP contribution in [-0.2, 0) is 0 Å². The Balaban J connectivity index is 1.53. The highest BCUT2D eigenvalue weighted by molar-refractivity contribution is 7.20. The van der Waals surface area contributed by atoms with E-state index in [1.165, 1.54) is 23.5 Å². The number of hydrogen-bond donors (Lipinski definition) is 1. The molecule has 0 fully saturated rings. The van der Waals surface area contributed by atoms with E-state index in [2.05, 4.69) is 20.6 Å². The molecular formula is C17H14N6O4S. The van der Waals surface area contributed by atoms with E-state index in [9.17, 15) is 14.9 Å². The van der Waals surface area contributed by atoms with Gasteiger partial charge in [0, 0.05) is 34.5 Å². The monoisotopic (exact) mass is 398 g/mol. The van der Waals surface area contributed by atoms with Gasteiger partial charge in [0.15, 0.2) is 0 Å². The van der Waals surface area contributed by atoms with Crippen molar-refractivity contribution in [2.75, 3.05) is 5.32 Å². The molecule has 1 amide bonds. The Kier molecular flexibility index (Phi) is 4.35. The Morgan fingerprint density at radius 3 is 2.82 bits per heavy atom. The molecule has 1 aromatic carbocycles. The number of nitrogens with one attached hydrogen (secondary N) is 1. The van der Waals surface area contributed by atoms with Crippen LogP contribution in [0.15, 0.2) is 40.9 Å². The molecule has 0 unspecified atom stereocenters.